The fraction of sp³-hybridized carbons (Fsp3) is 0.200. The van der Waals surface area contributed by atoms with Gasteiger partial charge in [-0.05, 0) is 37.3 Å². The number of hydrogen-bond acceptors (Lipinski definition) is 5. The van der Waals surface area contributed by atoms with E-state index in [-0.39, 0.29) is 18.0 Å². The number of rotatable bonds is 5. The van der Waals surface area contributed by atoms with Gasteiger partial charge in [0.2, 0.25) is 0 Å². The van der Waals surface area contributed by atoms with Gasteiger partial charge in [-0.1, -0.05) is 29.8 Å². The summed E-state index contributed by atoms with van der Waals surface area (Å²) in [7, 11) is 1.43. The molecular weight excluding hydrogens is 384 g/mol. The fourth-order valence-corrected chi connectivity index (χ4v) is 2.80. The van der Waals surface area contributed by atoms with E-state index in [1.807, 2.05) is 18.2 Å². The number of benzene rings is 2. The Balaban J connectivity index is 1.65. The molecule has 0 saturated heterocycles. The summed E-state index contributed by atoms with van der Waals surface area (Å²) in [6, 6.07) is 13.6. The van der Waals surface area contributed by atoms with Crippen molar-refractivity contribution < 1.29 is 23.8 Å². The molecule has 2 aromatic carbocycles. The van der Waals surface area contributed by atoms with Crippen molar-refractivity contribution in [2.45, 2.75) is 12.5 Å². The maximum atomic E-state index is 12.2. The number of ether oxygens (including phenoxy) is 1. The maximum absolute atomic E-state index is 12.2. The van der Waals surface area contributed by atoms with E-state index in [2.05, 4.69) is 10.6 Å². The highest BCUT2D eigenvalue weighted by Crippen LogP contribution is 2.28. The zero-order valence-electron chi connectivity index (χ0n) is 15.3. The summed E-state index contributed by atoms with van der Waals surface area (Å²) in [5, 5.41) is 16.7. The molecule has 1 unspecified atom stereocenters. The van der Waals surface area contributed by atoms with E-state index >= 15 is 0 Å². The van der Waals surface area contributed by atoms with Gasteiger partial charge in [-0.2, -0.15) is 0 Å². The van der Waals surface area contributed by atoms with Crippen LogP contribution >= 0.6 is 11.6 Å². The standard InChI is InChI=1S/C20H19ClN2O5/c1-20(26,17-9-12-5-3-4-6-15(12)28-17)11-22-18(24)19(25)23-14-10-13(21)7-8-16(14)27-2/h3-10,26H,11H2,1-2H3,(H,22,24)(H,23,25). The van der Waals surface area contributed by atoms with Crippen molar-refractivity contribution in [3.05, 3.63) is 59.3 Å². The molecular formula is C20H19ClN2O5. The van der Waals surface area contributed by atoms with Crippen LogP contribution in [-0.4, -0.2) is 30.6 Å². The highest BCUT2D eigenvalue weighted by molar-refractivity contribution is 6.40. The molecule has 0 aliphatic rings. The van der Waals surface area contributed by atoms with Crippen molar-refractivity contribution in [2.75, 3.05) is 19.0 Å². The summed E-state index contributed by atoms with van der Waals surface area (Å²) < 4.78 is 10.8. The summed E-state index contributed by atoms with van der Waals surface area (Å²) >= 11 is 5.91. The van der Waals surface area contributed by atoms with Crippen LogP contribution in [0.3, 0.4) is 0 Å². The molecule has 3 N–H and O–H groups in total. The molecule has 146 valence electrons. The lowest BCUT2D eigenvalue weighted by molar-refractivity contribution is -0.136. The maximum Gasteiger partial charge on any atom is 0.313 e. The molecule has 28 heavy (non-hydrogen) atoms. The Kier molecular flexibility index (Phi) is 5.58. The molecule has 1 heterocycles. The van der Waals surface area contributed by atoms with Gasteiger partial charge in [0.15, 0.2) is 0 Å². The first-order chi connectivity index (χ1) is 13.3. The number of methoxy groups -OCH3 is 1. The van der Waals surface area contributed by atoms with Gasteiger partial charge in [-0.3, -0.25) is 9.59 Å². The number of nitrogens with one attached hydrogen (secondary N) is 2. The minimum absolute atomic E-state index is 0.217. The van der Waals surface area contributed by atoms with Crippen molar-refractivity contribution >= 4 is 40.1 Å². The van der Waals surface area contributed by atoms with Crippen molar-refractivity contribution in [2.24, 2.45) is 0 Å². The van der Waals surface area contributed by atoms with Crippen LogP contribution in [0.4, 0.5) is 5.69 Å². The minimum atomic E-state index is -1.50. The van der Waals surface area contributed by atoms with Crippen LogP contribution in [-0.2, 0) is 15.2 Å². The summed E-state index contributed by atoms with van der Waals surface area (Å²) in [6.07, 6.45) is 0. The molecule has 0 spiro atoms. The van der Waals surface area contributed by atoms with Crippen molar-refractivity contribution in [3.63, 3.8) is 0 Å². The number of hydrogen-bond donors (Lipinski definition) is 3. The van der Waals surface area contributed by atoms with Gasteiger partial charge >= 0.3 is 11.8 Å². The number of furan rings is 1. The summed E-state index contributed by atoms with van der Waals surface area (Å²) in [5.74, 6) is -1.19. The van der Waals surface area contributed by atoms with Gasteiger partial charge in [0, 0.05) is 10.4 Å². The second-order valence-corrected chi connectivity index (χ2v) is 6.84. The summed E-state index contributed by atoms with van der Waals surface area (Å²) in [4.78, 5) is 24.3. The normalized spacial score (nSPS) is 13.0. The second kappa shape index (κ2) is 7.92. The largest absolute Gasteiger partial charge is 0.495 e. The SMILES string of the molecule is COc1ccc(Cl)cc1NC(=O)C(=O)NCC(C)(O)c1cc2ccccc2o1. The predicted molar refractivity (Wildman–Crippen MR) is 105 cm³/mol. The van der Waals surface area contributed by atoms with Crippen LogP contribution < -0.4 is 15.4 Å². The molecule has 3 aromatic rings. The third kappa shape index (κ3) is 4.27. The zero-order valence-corrected chi connectivity index (χ0v) is 16.0. The molecule has 3 rings (SSSR count). The van der Waals surface area contributed by atoms with E-state index in [1.165, 1.54) is 20.1 Å². The average Bonchev–Trinajstić information content (AvgIpc) is 3.11. The minimum Gasteiger partial charge on any atom is -0.495 e. The Labute approximate surface area is 166 Å². The number of carbonyl (C=O) groups excluding carboxylic acids is 2. The van der Waals surface area contributed by atoms with Crippen molar-refractivity contribution in [1.82, 2.24) is 5.32 Å². The van der Waals surface area contributed by atoms with Gasteiger partial charge in [-0.15, -0.1) is 0 Å². The highest BCUT2D eigenvalue weighted by Gasteiger charge is 2.29. The molecule has 8 heteroatoms. The molecule has 1 atom stereocenters. The molecule has 1 aromatic heterocycles. The third-order valence-electron chi connectivity index (χ3n) is 4.17. The second-order valence-electron chi connectivity index (χ2n) is 6.40. The van der Waals surface area contributed by atoms with Crippen molar-refractivity contribution in [1.29, 1.82) is 0 Å². The Hall–Kier alpha value is -3.03. The first-order valence-electron chi connectivity index (χ1n) is 8.44. The molecule has 2 amide bonds. The van der Waals surface area contributed by atoms with Crippen molar-refractivity contribution in [3.8, 4) is 5.75 Å². The number of fused-ring (bicyclic) bond motifs is 1. The molecule has 0 bridgehead atoms. The molecule has 0 aliphatic heterocycles. The van der Waals surface area contributed by atoms with E-state index in [4.69, 9.17) is 20.8 Å². The quantitative estimate of drug-likeness (QED) is 0.569. The van der Waals surface area contributed by atoms with Crippen LogP contribution in [0.1, 0.15) is 12.7 Å². The molecule has 7 nitrogen and oxygen atoms in total. The van der Waals surface area contributed by atoms with Gasteiger partial charge in [-0.25, -0.2) is 0 Å². The number of anilines is 1. The van der Waals surface area contributed by atoms with E-state index in [1.54, 1.807) is 24.3 Å². The van der Waals surface area contributed by atoms with Crippen LogP contribution in [0.25, 0.3) is 11.0 Å². The number of amides is 2. The number of halogens is 1. The Morgan fingerprint density at radius 3 is 2.64 bits per heavy atom. The zero-order chi connectivity index (χ0) is 20.3. The van der Waals surface area contributed by atoms with Crippen LogP contribution in [0.15, 0.2) is 52.9 Å². The Morgan fingerprint density at radius 1 is 1.18 bits per heavy atom. The van der Waals surface area contributed by atoms with E-state index in [0.717, 1.165) is 5.39 Å². The van der Waals surface area contributed by atoms with E-state index in [0.29, 0.717) is 16.4 Å². The lowest BCUT2D eigenvalue weighted by atomic mass is 10.0. The summed E-state index contributed by atoms with van der Waals surface area (Å²) in [5.41, 5.74) is -0.614. The average molecular weight is 403 g/mol. The fourth-order valence-electron chi connectivity index (χ4n) is 2.62. The molecule has 0 radical (unpaired) electrons. The topological polar surface area (TPSA) is 101 Å². The number of aliphatic hydroxyl groups is 1. The molecule has 0 aliphatic carbocycles. The molecule has 0 saturated carbocycles. The smallest absolute Gasteiger partial charge is 0.313 e. The van der Waals surface area contributed by atoms with E-state index < -0.39 is 17.4 Å². The predicted octanol–water partition coefficient (Wildman–Crippen LogP) is 3.06. The first-order valence-corrected chi connectivity index (χ1v) is 8.82. The third-order valence-corrected chi connectivity index (χ3v) is 4.40. The monoisotopic (exact) mass is 402 g/mol. The van der Waals surface area contributed by atoms with Gasteiger partial charge < -0.3 is 24.9 Å². The van der Waals surface area contributed by atoms with Gasteiger partial charge in [0.05, 0.1) is 19.3 Å². The lowest BCUT2D eigenvalue weighted by Crippen LogP contribution is -2.43. The van der Waals surface area contributed by atoms with E-state index in [9.17, 15) is 14.7 Å². The number of carbonyl (C=O) groups is 2. The molecule has 0 fully saturated rings. The number of para-hydroxylation sites is 1. The summed E-state index contributed by atoms with van der Waals surface area (Å²) in [6.45, 7) is 1.27. The Morgan fingerprint density at radius 2 is 1.93 bits per heavy atom. The first kappa shape index (κ1) is 19.7. The van der Waals surface area contributed by atoms with Crippen LogP contribution in [0.2, 0.25) is 5.02 Å². The van der Waals surface area contributed by atoms with Gasteiger partial charge in [0.25, 0.3) is 0 Å². The van der Waals surface area contributed by atoms with Gasteiger partial charge in [0.1, 0.15) is 22.7 Å². The lowest BCUT2D eigenvalue weighted by Gasteiger charge is -2.21. The Bertz CT molecular complexity index is 995. The highest BCUT2D eigenvalue weighted by atomic mass is 35.5. The van der Waals surface area contributed by atoms with Crippen LogP contribution in [0.5, 0.6) is 5.75 Å². The van der Waals surface area contributed by atoms with Crippen LogP contribution in [0, 0.1) is 0 Å².